The molecule has 0 radical (unpaired) electrons. The molecule has 3 heterocycles. The first-order valence-electron chi connectivity index (χ1n) is 8.72. The maximum atomic E-state index is 12.3. The molecule has 2 atom stereocenters. The zero-order valence-electron chi connectivity index (χ0n) is 14.5. The summed E-state index contributed by atoms with van der Waals surface area (Å²) in [6.07, 6.45) is 8.69. The summed E-state index contributed by atoms with van der Waals surface area (Å²) in [4.78, 5) is 16.2. The largest absolute Gasteiger partial charge is 0.326 e. The molecule has 8 heteroatoms. The lowest BCUT2D eigenvalue weighted by Gasteiger charge is -2.28. The molecular weight excluding hydrogens is 373 g/mol. The number of piperidine rings is 1. The second-order valence-corrected chi connectivity index (χ2v) is 7.02. The van der Waals surface area contributed by atoms with Crippen LogP contribution in [0.25, 0.3) is 0 Å². The van der Waals surface area contributed by atoms with Crippen LogP contribution in [0.4, 0.5) is 5.69 Å². The Morgan fingerprint density at radius 2 is 1.85 bits per heavy atom. The summed E-state index contributed by atoms with van der Waals surface area (Å²) >= 11 is 0. The van der Waals surface area contributed by atoms with Gasteiger partial charge in [0, 0.05) is 24.2 Å². The molecule has 2 saturated heterocycles. The van der Waals surface area contributed by atoms with Crippen molar-refractivity contribution in [3.8, 4) is 0 Å². The van der Waals surface area contributed by atoms with Gasteiger partial charge in [-0.05, 0) is 49.3 Å². The molecule has 1 amide bonds. The predicted molar refractivity (Wildman–Crippen MR) is 106 cm³/mol. The average Bonchev–Trinajstić information content (AvgIpc) is 3.19. The van der Waals surface area contributed by atoms with E-state index in [4.69, 9.17) is 0 Å². The lowest BCUT2D eigenvalue weighted by molar-refractivity contribution is -0.117. The fraction of sp³-hybridized carbons (Fsp3) is 0.500. The first-order chi connectivity index (χ1) is 11.7. The lowest BCUT2D eigenvalue weighted by atomic mass is 9.89. The van der Waals surface area contributed by atoms with Crippen molar-refractivity contribution in [1.82, 2.24) is 20.1 Å². The highest BCUT2D eigenvalue weighted by Crippen LogP contribution is 2.32. The fourth-order valence-electron chi connectivity index (χ4n) is 4.01. The van der Waals surface area contributed by atoms with Crippen LogP contribution in [0.2, 0.25) is 0 Å². The number of rotatable bonds is 5. The topological polar surface area (TPSA) is 71.8 Å². The SMILES string of the molecule is Cl.Cl.O=C(CC1CC2CCC(C1)N2)Nc1ccc(Cn2cncn2)cc1. The summed E-state index contributed by atoms with van der Waals surface area (Å²) in [5.74, 6) is 0.653. The Hall–Kier alpha value is -1.63. The summed E-state index contributed by atoms with van der Waals surface area (Å²) in [6.45, 7) is 0.687. The molecule has 4 rings (SSSR count). The molecule has 1 aromatic heterocycles. The van der Waals surface area contributed by atoms with Crippen LogP contribution >= 0.6 is 24.8 Å². The number of hydrogen-bond donors (Lipinski definition) is 2. The van der Waals surface area contributed by atoms with Crippen molar-refractivity contribution < 1.29 is 4.79 Å². The highest BCUT2D eigenvalue weighted by Gasteiger charge is 2.34. The number of amides is 1. The van der Waals surface area contributed by atoms with E-state index in [9.17, 15) is 4.79 Å². The smallest absolute Gasteiger partial charge is 0.224 e. The summed E-state index contributed by atoms with van der Waals surface area (Å²) in [7, 11) is 0. The first-order valence-corrected chi connectivity index (χ1v) is 8.72. The highest BCUT2D eigenvalue weighted by molar-refractivity contribution is 5.90. The number of benzene rings is 1. The van der Waals surface area contributed by atoms with Crippen LogP contribution in [0.5, 0.6) is 0 Å². The Balaban J connectivity index is 0.00000121. The molecule has 0 aliphatic carbocycles. The van der Waals surface area contributed by atoms with Crippen LogP contribution in [0.3, 0.4) is 0 Å². The molecule has 142 valence electrons. The minimum atomic E-state index is 0. The molecule has 2 unspecified atom stereocenters. The van der Waals surface area contributed by atoms with Gasteiger partial charge in [0.15, 0.2) is 0 Å². The van der Waals surface area contributed by atoms with Gasteiger partial charge in [-0.25, -0.2) is 9.67 Å². The van der Waals surface area contributed by atoms with E-state index in [1.165, 1.54) is 19.2 Å². The summed E-state index contributed by atoms with van der Waals surface area (Å²) in [5, 5.41) is 10.8. The van der Waals surface area contributed by atoms with Gasteiger partial charge in [-0.2, -0.15) is 5.10 Å². The number of carbonyl (C=O) groups excluding carboxylic acids is 1. The van der Waals surface area contributed by atoms with Gasteiger partial charge in [0.05, 0.1) is 6.54 Å². The molecule has 0 spiro atoms. The van der Waals surface area contributed by atoms with Crippen LogP contribution < -0.4 is 10.6 Å². The van der Waals surface area contributed by atoms with Gasteiger partial charge in [-0.15, -0.1) is 24.8 Å². The third-order valence-corrected chi connectivity index (χ3v) is 5.09. The molecule has 2 aromatic rings. The average molecular weight is 398 g/mol. The van der Waals surface area contributed by atoms with Crippen molar-refractivity contribution >= 4 is 36.4 Å². The third kappa shape index (κ3) is 5.19. The van der Waals surface area contributed by atoms with E-state index in [-0.39, 0.29) is 30.7 Å². The van der Waals surface area contributed by atoms with Gasteiger partial charge in [0.2, 0.25) is 5.91 Å². The molecule has 2 bridgehead atoms. The number of halogens is 2. The zero-order valence-corrected chi connectivity index (χ0v) is 16.1. The van der Waals surface area contributed by atoms with E-state index in [0.717, 1.165) is 24.1 Å². The Bertz CT molecular complexity index is 680. The predicted octanol–water partition coefficient (Wildman–Crippen LogP) is 3.03. The van der Waals surface area contributed by atoms with Crippen LogP contribution in [0.15, 0.2) is 36.9 Å². The van der Waals surface area contributed by atoms with Crippen molar-refractivity contribution in [2.24, 2.45) is 5.92 Å². The van der Waals surface area contributed by atoms with Gasteiger partial charge in [0.1, 0.15) is 12.7 Å². The van der Waals surface area contributed by atoms with Crippen LogP contribution in [0, 0.1) is 5.92 Å². The molecular formula is C18H25Cl2N5O. The Kier molecular flexibility index (Phi) is 7.43. The minimum Gasteiger partial charge on any atom is -0.326 e. The van der Waals surface area contributed by atoms with E-state index in [2.05, 4.69) is 20.7 Å². The second kappa shape index (κ2) is 9.35. The number of carbonyl (C=O) groups is 1. The van der Waals surface area contributed by atoms with Crippen molar-refractivity contribution in [2.75, 3.05) is 5.32 Å². The molecule has 2 aliphatic heterocycles. The molecule has 0 saturated carbocycles. The van der Waals surface area contributed by atoms with Crippen molar-refractivity contribution in [3.63, 3.8) is 0 Å². The molecule has 26 heavy (non-hydrogen) atoms. The van der Waals surface area contributed by atoms with E-state index in [1.54, 1.807) is 11.0 Å². The summed E-state index contributed by atoms with van der Waals surface area (Å²) in [5.41, 5.74) is 1.99. The van der Waals surface area contributed by atoms with Crippen LogP contribution in [-0.4, -0.2) is 32.8 Å². The van der Waals surface area contributed by atoms with Gasteiger partial charge in [0.25, 0.3) is 0 Å². The Morgan fingerprint density at radius 1 is 1.15 bits per heavy atom. The molecule has 6 nitrogen and oxygen atoms in total. The third-order valence-electron chi connectivity index (χ3n) is 5.09. The maximum absolute atomic E-state index is 12.3. The lowest BCUT2D eigenvalue weighted by Crippen LogP contribution is -2.39. The summed E-state index contributed by atoms with van der Waals surface area (Å²) < 4.78 is 1.78. The fourth-order valence-corrected chi connectivity index (χ4v) is 4.01. The van der Waals surface area contributed by atoms with E-state index < -0.39 is 0 Å². The van der Waals surface area contributed by atoms with Crippen LogP contribution in [-0.2, 0) is 11.3 Å². The zero-order chi connectivity index (χ0) is 16.4. The number of hydrogen-bond acceptors (Lipinski definition) is 4. The molecule has 2 aliphatic rings. The number of nitrogens with one attached hydrogen (secondary N) is 2. The first kappa shape index (κ1) is 20.7. The van der Waals surface area contributed by atoms with Gasteiger partial charge >= 0.3 is 0 Å². The normalized spacial score (nSPS) is 23.6. The maximum Gasteiger partial charge on any atom is 0.224 e. The van der Waals surface area contributed by atoms with Gasteiger partial charge in [-0.3, -0.25) is 4.79 Å². The van der Waals surface area contributed by atoms with Crippen molar-refractivity contribution in [3.05, 3.63) is 42.5 Å². The Labute approximate surface area is 166 Å². The van der Waals surface area contributed by atoms with E-state index >= 15 is 0 Å². The van der Waals surface area contributed by atoms with E-state index in [1.807, 2.05) is 24.3 Å². The quantitative estimate of drug-likeness (QED) is 0.812. The standard InChI is InChI=1S/C18H23N5O.2ClH/c24-18(9-14-7-16-5-6-17(8-14)21-16)22-15-3-1-13(2-4-15)10-23-12-19-11-20-23;;/h1-4,11-12,14,16-17,21H,5-10H2,(H,22,24);2*1H. The van der Waals surface area contributed by atoms with E-state index in [0.29, 0.717) is 31.0 Å². The monoisotopic (exact) mass is 397 g/mol. The Morgan fingerprint density at radius 3 is 2.46 bits per heavy atom. The molecule has 2 fully saturated rings. The highest BCUT2D eigenvalue weighted by atomic mass is 35.5. The number of aromatic nitrogens is 3. The van der Waals surface area contributed by atoms with Gasteiger partial charge < -0.3 is 10.6 Å². The number of anilines is 1. The summed E-state index contributed by atoms with van der Waals surface area (Å²) in [6, 6.07) is 9.21. The van der Waals surface area contributed by atoms with Crippen molar-refractivity contribution in [1.29, 1.82) is 0 Å². The van der Waals surface area contributed by atoms with Gasteiger partial charge in [-0.1, -0.05) is 12.1 Å². The van der Waals surface area contributed by atoms with Crippen molar-refractivity contribution in [2.45, 2.75) is 50.7 Å². The number of fused-ring (bicyclic) bond motifs is 2. The van der Waals surface area contributed by atoms with Crippen LogP contribution in [0.1, 0.15) is 37.7 Å². The molecule has 2 N–H and O–H groups in total. The number of nitrogens with zero attached hydrogens (tertiary/aromatic N) is 3. The molecule has 1 aromatic carbocycles. The minimum absolute atomic E-state index is 0. The second-order valence-electron chi connectivity index (χ2n) is 7.02.